The highest BCUT2D eigenvalue weighted by Crippen LogP contribution is 2.24. The Morgan fingerprint density at radius 1 is 1.19 bits per heavy atom. The van der Waals surface area contributed by atoms with Crippen molar-refractivity contribution >= 4 is 5.91 Å². The van der Waals surface area contributed by atoms with Gasteiger partial charge in [0.1, 0.15) is 0 Å². The molecule has 4 heteroatoms. The molecule has 0 aromatic rings. The first-order valence-corrected chi connectivity index (χ1v) is 8.58. The van der Waals surface area contributed by atoms with Gasteiger partial charge in [-0.05, 0) is 31.6 Å². The summed E-state index contributed by atoms with van der Waals surface area (Å²) in [7, 11) is 0. The van der Waals surface area contributed by atoms with Crippen molar-refractivity contribution in [2.45, 2.75) is 78.2 Å². The lowest BCUT2D eigenvalue weighted by Crippen LogP contribution is -2.36. The van der Waals surface area contributed by atoms with Crippen molar-refractivity contribution in [3.05, 3.63) is 0 Å². The molecule has 0 fully saturated rings. The number of aliphatic hydroxyl groups excluding tert-OH is 1. The van der Waals surface area contributed by atoms with E-state index in [4.69, 9.17) is 9.84 Å². The first kappa shape index (κ1) is 20.4. The first-order valence-electron chi connectivity index (χ1n) is 8.58. The van der Waals surface area contributed by atoms with Crippen molar-refractivity contribution in [2.75, 3.05) is 19.8 Å². The van der Waals surface area contributed by atoms with Gasteiger partial charge in [-0.15, -0.1) is 0 Å². The van der Waals surface area contributed by atoms with Gasteiger partial charge in [0.15, 0.2) is 0 Å². The minimum Gasteiger partial charge on any atom is -0.396 e. The van der Waals surface area contributed by atoms with Crippen molar-refractivity contribution in [3.63, 3.8) is 0 Å². The van der Waals surface area contributed by atoms with Crippen LogP contribution in [0.5, 0.6) is 0 Å². The van der Waals surface area contributed by atoms with Gasteiger partial charge >= 0.3 is 0 Å². The number of ether oxygens (including phenoxy) is 1. The van der Waals surface area contributed by atoms with Crippen molar-refractivity contribution in [2.24, 2.45) is 5.92 Å². The highest BCUT2D eigenvalue weighted by molar-refractivity contribution is 5.75. The molecule has 126 valence electrons. The second-order valence-corrected chi connectivity index (χ2v) is 5.78. The number of hydrogen-bond donors (Lipinski definition) is 2. The molecule has 0 saturated heterocycles. The minimum absolute atomic E-state index is 0.117. The van der Waals surface area contributed by atoms with Crippen LogP contribution in [0.1, 0.15) is 72.6 Å². The van der Waals surface area contributed by atoms with E-state index in [0.717, 1.165) is 32.1 Å². The Kier molecular flexibility index (Phi) is 11.6. The summed E-state index contributed by atoms with van der Waals surface area (Å²) >= 11 is 0. The highest BCUT2D eigenvalue weighted by atomic mass is 16.5. The molecule has 2 N–H and O–H groups in total. The molecule has 0 rings (SSSR count). The molecule has 0 aliphatic heterocycles. The number of nitrogens with one attached hydrogen (secondary N) is 1. The Morgan fingerprint density at radius 3 is 2.29 bits per heavy atom. The Hall–Kier alpha value is -0.610. The molecular weight excluding hydrogens is 266 g/mol. The van der Waals surface area contributed by atoms with E-state index in [1.165, 1.54) is 0 Å². The number of hydrogen-bond acceptors (Lipinski definition) is 3. The van der Waals surface area contributed by atoms with Crippen LogP contribution in [0.3, 0.4) is 0 Å². The van der Waals surface area contributed by atoms with Crippen LogP contribution in [0.25, 0.3) is 0 Å². The van der Waals surface area contributed by atoms with Crippen molar-refractivity contribution in [1.82, 2.24) is 5.32 Å². The van der Waals surface area contributed by atoms with Crippen LogP contribution in [0.2, 0.25) is 0 Å². The van der Waals surface area contributed by atoms with Crippen LogP contribution in [-0.2, 0) is 9.53 Å². The number of rotatable bonds is 13. The highest BCUT2D eigenvalue weighted by Gasteiger charge is 2.25. The molecule has 0 spiro atoms. The quantitative estimate of drug-likeness (QED) is 0.513. The monoisotopic (exact) mass is 301 g/mol. The molecule has 0 unspecified atom stereocenters. The summed E-state index contributed by atoms with van der Waals surface area (Å²) in [5.74, 6) is 0.774. The third-order valence-corrected chi connectivity index (χ3v) is 4.62. The standard InChI is InChI=1S/C17H35NO3/c1-5-15(6-2)9-10-16(20)18-12-14-21-17(7-3,8-4)11-13-19/h15,19H,5-14H2,1-4H3,(H,18,20). The molecular formula is C17H35NO3. The summed E-state index contributed by atoms with van der Waals surface area (Å²) in [6, 6.07) is 0. The van der Waals surface area contributed by atoms with Gasteiger partial charge in [0.25, 0.3) is 0 Å². The van der Waals surface area contributed by atoms with E-state index >= 15 is 0 Å². The van der Waals surface area contributed by atoms with Gasteiger partial charge in [-0.3, -0.25) is 4.79 Å². The topological polar surface area (TPSA) is 58.6 Å². The van der Waals surface area contributed by atoms with Crippen LogP contribution < -0.4 is 5.32 Å². The molecule has 0 aliphatic rings. The Morgan fingerprint density at radius 2 is 1.81 bits per heavy atom. The van der Waals surface area contributed by atoms with E-state index in [1.807, 2.05) is 0 Å². The maximum absolute atomic E-state index is 11.8. The van der Waals surface area contributed by atoms with Gasteiger partial charge in [-0.1, -0.05) is 40.5 Å². The zero-order chi connectivity index (χ0) is 16.1. The van der Waals surface area contributed by atoms with Gasteiger partial charge in [-0.25, -0.2) is 0 Å². The number of aliphatic hydroxyl groups is 1. The van der Waals surface area contributed by atoms with E-state index in [1.54, 1.807) is 0 Å². The lowest BCUT2D eigenvalue weighted by atomic mass is 9.93. The zero-order valence-electron chi connectivity index (χ0n) is 14.4. The molecule has 0 bridgehead atoms. The van der Waals surface area contributed by atoms with Crippen LogP contribution in [0, 0.1) is 5.92 Å². The second kappa shape index (κ2) is 12.0. The first-order chi connectivity index (χ1) is 10.1. The molecule has 0 radical (unpaired) electrons. The number of carbonyl (C=O) groups excluding carboxylic acids is 1. The maximum Gasteiger partial charge on any atom is 0.220 e. The molecule has 0 heterocycles. The predicted octanol–water partition coefficient (Wildman–Crippen LogP) is 3.28. The van der Waals surface area contributed by atoms with Gasteiger partial charge in [0.2, 0.25) is 5.91 Å². The third-order valence-electron chi connectivity index (χ3n) is 4.62. The van der Waals surface area contributed by atoms with Gasteiger partial charge in [-0.2, -0.15) is 0 Å². The normalized spacial score (nSPS) is 11.9. The van der Waals surface area contributed by atoms with Gasteiger partial charge in [0, 0.05) is 19.6 Å². The summed E-state index contributed by atoms with van der Waals surface area (Å²) in [5, 5.41) is 12.1. The Bertz CT molecular complexity index is 261. The van der Waals surface area contributed by atoms with E-state index in [-0.39, 0.29) is 18.1 Å². The summed E-state index contributed by atoms with van der Waals surface area (Å²) in [6.07, 6.45) is 6.28. The largest absolute Gasteiger partial charge is 0.396 e. The molecule has 0 aromatic carbocycles. The molecule has 0 aliphatic carbocycles. The lowest BCUT2D eigenvalue weighted by Gasteiger charge is -2.31. The average molecular weight is 301 g/mol. The van der Waals surface area contributed by atoms with Crippen LogP contribution >= 0.6 is 0 Å². The van der Waals surface area contributed by atoms with E-state index in [2.05, 4.69) is 33.0 Å². The minimum atomic E-state index is -0.241. The smallest absolute Gasteiger partial charge is 0.220 e. The van der Waals surface area contributed by atoms with Crippen LogP contribution in [-0.4, -0.2) is 36.4 Å². The van der Waals surface area contributed by atoms with Gasteiger partial charge in [0.05, 0.1) is 12.2 Å². The van der Waals surface area contributed by atoms with E-state index < -0.39 is 0 Å². The molecule has 4 nitrogen and oxygen atoms in total. The van der Waals surface area contributed by atoms with Crippen LogP contribution in [0.4, 0.5) is 0 Å². The summed E-state index contributed by atoms with van der Waals surface area (Å²) < 4.78 is 5.91. The maximum atomic E-state index is 11.8. The number of amides is 1. The van der Waals surface area contributed by atoms with Crippen molar-refractivity contribution in [3.8, 4) is 0 Å². The fourth-order valence-electron chi connectivity index (χ4n) is 2.66. The summed E-state index contributed by atoms with van der Waals surface area (Å²) in [5.41, 5.74) is -0.241. The fraction of sp³-hybridized carbons (Fsp3) is 0.941. The SMILES string of the molecule is CCC(CC)CCC(=O)NCCOC(CC)(CC)CCO. The van der Waals surface area contributed by atoms with Crippen LogP contribution in [0.15, 0.2) is 0 Å². The molecule has 1 amide bonds. The average Bonchev–Trinajstić information content (AvgIpc) is 2.51. The fourth-order valence-corrected chi connectivity index (χ4v) is 2.66. The molecule has 0 saturated carbocycles. The summed E-state index contributed by atoms with van der Waals surface area (Å²) in [6.45, 7) is 9.71. The Balaban J connectivity index is 3.89. The van der Waals surface area contributed by atoms with Crippen molar-refractivity contribution < 1.29 is 14.6 Å². The van der Waals surface area contributed by atoms with E-state index in [9.17, 15) is 4.79 Å². The molecule has 0 atom stereocenters. The molecule has 0 aromatic heterocycles. The third kappa shape index (κ3) is 8.42. The zero-order valence-corrected chi connectivity index (χ0v) is 14.4. The molecule has 21 heavy (non-hydrogen) atoms. The predicted molar refractivity (Wildman–Crippen MR) is 87.3 cm³/mol. The van der Waals surface area contributed by atoms with Crippen molar-refractivity contribution in [1.29, 1.82) is 0 Å². The Labute approximate surface area is 130 Å². The summed E-state index contributed by atoms with van der Waals surface area (Å²) in [4.78, 5) is 11.8. The number of carbonyl (C=O) groups is 1. The second-order valence-electron chi connectivity index (χ2n) is 5.78. The van der Waals surface area contributed by atoms with E-state index in [0.29, 0.717) is 31.9 Å². The van der Waals surface area contributed by atoms with Gasteiger partial charge < -0.3 is 15.2 Å². The lowest BCUT2D eigenvalue weighted by molar-refractivity contribution is -0.122.